The van der Waals surface area contributed by atoms with Gasteiger partial charge in [0, 0.05) is 38.2 Å². The van der Waals surface area contributed by atoms with Crippen molar-refractivity contribution in [1.82, 2.24) is 9.21 Å². The molecule has 164 valence electrons. The molecule has 0 atom stereocenters. The SMILES string of the molecule is CS(=O)(=O)N1CCOc2ccc(CCC(=O)N3CC=C(c4ccccc4)CC3)cc2C1. The van der Waals surface area contributed by atoms with Crippen LogP contribution in [0, 0.1) is 0 Å². The summed E-state index contributed by atoms with van der Waals surface area (Å²) in [6, 6.07) is 16.1. The van der Waals surface area contributed by atoms with Crippen LogP contribution in [0.25, 0.3) is 5.57 Å². The second-order valence-corrected chi connectivity index (χ2v) is 10.1. The van der Waals surface area contributed by atoms with Gasteiger partial charge in [-0.1, -0.05) is 48.5 Å². The van der Waals surface area contributed by atoms with E-state index in [1.807, 2.05) is 41.3 Å². The van der Waals surface area contributed by atoms with Crippen LogP contribution < -0.4 is 4.74 Å². The third-order valence-corrected chi connectivity index (χ3v) is 7.12. The van der Waals surface area contributed by atoms with Crippen molar-refractivity contribution in [3.8, 4) is 5.75 Å². The largest absolute Gasteiger partial charge is 0.492 e. The minimum absolute atomic E-state index is 0.146. The molecule has 0 saturated heterocycles. The molecule has 6 nitrogen and oxygen atoms in total. The number of benzene rings is 2. The second kappa shape index (κ2) is 9.24. The summed E-state index contributed by atoms with van der Waals surface area (Å²) in [5.74, 6) is 0.864. The summed E-state index contributed by atoms with van der Waals surface area (Å²) in [4.78, 5) is 14.6. The molecular formula is C24H28N2O4S. The molecule has 2 aliphatic heterocycles. The summed E-state index contributed by atoms with van der Waals surface area (Å²) in [7, 11) is -3.28. The van der Waals surface area contributed by atoms with Crippen molar-refractivity contribution in [1.29, 1.82) is 0 Å². The van der Waals surface area contributed by atoms with Crippen LogP contribution >= 0.6 is 0 Å². The zero-order valence-corrected chi connectivity index (χ0v) is 18.6. The van der Waals surface area contributed by atoms with Gasteiger partial charge in [-0.15, -0.1) is 0 Å². The molecule has 0 saturated carbocycles. The number of rotatable bonds is 5. The van der Waals surface area contributed by atoms with Crippen LogP contribution in [-0.2, 0) is 27.8 Å². The highest BCUT2D eigenvalue weighted by Gasteiger charge is 2.23. The minimum Gasteiger partial charge on any atom is -0.492 e. The van der Waals surface area contributed by atoms with Gasteiger partial charge in [-0.3, -0.25) is 4.79 Å². The van der Waals surface area contributed by atoms with E-state index in [0.29, 0.717) is 39.1 Å². The Morgan fingerprint density at radius 2 is 1.90 bits per heavy atom. The van der Waals surface area contributed by atoms with E-state index in [-0.39, 0.29) is 5.91 Å². The molecule has 0 N–H and O–H groups in total. The number of nitrogens with zero attached hydrogens (tertiary/aromatic N) is 2. The van der Waals surface area contributed by atoms with Crippen molar-refractivity contribution >= 4 is 21.5 Å². The highest BCUT2D eigenvalue weighted by Crippen LogP contribution is 2.26. The maximum absolute atomic E-state index is 12.7. The normalized spacial score (nSPS) is 17.3. The first-order valence-corrected chi connectivity index (χ1v) is 12.5. The van der Waals surface area contributed by atoms with Crippen LogP contribution in [0.3, 0.4) is 0 Å². The third kappa shape index (κ3) is 5.35. The Morgan fingerprint density at radius 3 is 2.61 bits per heavy atom. The first kappa shape index (κ1) is 21.6. The molecule has 2 aromatic rings. The Balaban J connectivity index is 1.36. The number of carbonyl (C=O) groups excluding carboxylic acids is 1. The van der Waals surface area contributed by atoms with Crippen LogP contribution in [-0.4, -0.2) is 56.0 Å². The summed E-state index contributed by atoms with van der Waals surface area (Å²) in [5.41, 5.74) is 4.39. The van der Waals surface area contributed by atoms with Crippen molar-refractivity contribution in [2.75, 3.05) is 32.5 Å². The van der Waals surface area contributed by atoms with Gasteiger partial charge in [0.25, 0.3) is 0 Å². The number of ether oxygens (including phenoxy) is 1. The molecule has 0 bridgehead atoms. The van der Waals surface area contributed by atoms with E-state index in [1.54, 1.807) is 0 Å². The van der Waals surface area contributed by atoms with Gasteiger partial charge in [0.05, 0.1) is 6.26 Å². The zero-order chi connectivity index (χ0) is 21.8. The van der Waals surface area contributed by atoms with Crippen LogP contribution in [0.15, 0.2) is 54.6 Å². The fourth-order valence-electron chi connectivity index (χ4n) is 4.08. The Kier molecular flexibility index (Phi) is 6.43. The quantitative estimate of drug-likeness (QED) is 0.717. The molecule has 0 aromatic heterocycles. The molecule has 0 fully saturated rings. The van der Waals surface area contributed by atoms with Crippen LogP contribution in [0.4, 0.5) is 0 Å². The predicted octanol–water partition coefficient (Wildman–Crippen LogP) is 3.09. The number of sulfonamides is 1. The molecule has 2 aliphatic rings. The van der Waals surface area contributed by atoms with Gasteiger partial charge in [-0.05, 0) is 35.6 Å². The van der Waals surface area contributed by atoms with Crippen LogP contribution in [0.2, 0.25) is 0 Å². The van der Waals surface area contributed by atoms with Crippen molar-refractivity contribution in [3.05, 3.63) is 71.3 Å². The smallest absolute Gasteiger partial charge is 0.223 e. The van der Waals surface area contributed by atoms with Crippen molar-refractivity contribution in [2.24, 2.45) is 0 Å². The lowest BCUT2D eigenvalue weighted by Gasteiger charge is -2.27. The van der Waals surface area contributed by atoms with Gasteiger partial charge in [0.2, 0.25) is 15.9 Å². The predicted molar refractivity (Wildman–Crippen MR) is 121 cm³/mol. The molecule has 4 rings (SSSR count). The zero-order valence-electron chi connectivity index (χ0n) is 17.8. The monoisotopic (exact) mass is 440 g/mol. The molecule has 31 heavy (non-hydrogen) atoms. The van der Waals surface area contributed by atoms with Crippen LogP contribution in [0.1, 0.15) is 29.5 Å². The minimum atomic E-state index is -3.28. The van der Waals surface area contributed by atoms with Gasteiger partial charge in [0.1, 0.15) is 12.4 Å². The van der Waals surface area contributed by atoms with Crippen molar-refractivity contribution < 1.29 is 17.9 Å². The van der Waals surface area contributed by atoms with Gasteiger partial charge >= 0.3 is 0 Å². The number of aryl methyl sites for hydroxylation is 1. The lowest BCUT2D eigenvalue weighted by atomic mass is 9.99. The van der Waals surface area contributed by atoms with E-state index in [1.165, 1.54) is 21.7 Å². The first-order valence-electron chi connectivity index (χ1n) is 10.6. The Morgan fingerprint density at radius 1 is 1.10 bits per heavy atom. The summed E-state index contributed by atoms with van der Waals surface area (Å²) in [6.07, 6.45) is 5.29. The fourth-order valence-corrected chi connectivity index (χ4v) is 4.86. The molecule has 0 unspecified atom stereocenters. The molecule has 0 aliphatic carbocycles. The first-order chi connectivity index (χ1) is 14.9. The molecular weight excluding hydrogens is 412 g/mol. The van der Waals surface area contributed by atoms with E-state index in [0.717, 1.165) is 29.8 Å². The summed E-state index contributed by atoms with van der Waals surface area (Å²) in [5, 5.41) is 0. The second-order valence-electron chi connectivity index (χ2n) is 8.07. The molecule has 0 spiro atoms. The van der Waals surface area contributed by atoms with Gasteiger partial charge in [-0.2, -0.15) is 4.31 Å². The Bertz CT molecular complexity index is 1080. The van der Waals surface area contributed by atoms with Gasteiger partial charge < -0.3 is 9.64 Å². The molecule has 2 aromatic carbocycles. The lowest BCUT2D eigenvalue weighted by molar-refractivity contribution is -0.130. The van der Waals surface area contributed by atoms with Crippen LogP contribution in [0.5, 0.6) is 5.75 Å². The fraction of sp³-hybridized carbons (Fsp3) is 0.375. The molecule has 7 heteroatoms. The highest BCUT2D eigenvalue weighted by atomic mass is 32.2. The number of fused-ring (bicyclic) bond motifs is 1. The summed E-state index contributed by atoms with van der Waals surface area (Å²) in [6.45, 7) is 2.36. The maximum atomic E-state index is 12.7. The number of hydrogen-bond donors (Lipinski definition) is 0. The standard InChI is InChI=1S/C24H28N2O4S/c1-31(28,29)26-15-16-30-23-9-7-19(17-22(23)18-26)8-10-24(27)25-13-11-21(12-14-25)20-5-3-2-4-6-20/h2-7,9,11,17H,8,10,12-16,18H2,1H3. The number of carbonyl (C=O) groups is 1. The topological polar surface area (TPSA) is 66.9 Å². The molecule has 0 radical (unpaired) electrons. The van der Waals surface area contributed by atoms with Crippen molar-refractivity contribution in [3.63, 3.8) is 0 Å². The summed E-state index contributed by atoms with van der Waals surface area (Å²) < 4.78 is 31.0. The lowest BCUT2D eigenvalue weighted by Crippen LogP contribution is -2.34. The Labute approximate surface area is 184 Å². The number of hydrogen-bond acceptors (Lipinski definition) is 4. The van der Waals surface area contributed by atoms with E-state index in [4.69, 9.17) is 4.74 Å². The maximum Gasteiger partial charge on any atom is 0.223 e. The highest BCUT2D eigenvalue weighted by molar-refractivity contribution is 7.88. The van der Waals surface area contributed by atoms with E-state index in [9.17, 15) is 13.2 Å². The average Bonchev–Trinajstić information content (AvgIpc) is 3.00. The number of amides is 1. The van der Waals surface area contributed by atoms with E-state index >= 15 is 0 Å². The van der Waals surface area contributed by atoms with E-state index in [2.05, 4.69) is 18.2 Å². The molecule has 1 amide bonds. The average molecular weight is 441 g/mol. The van der Waals surface area contributed by atoms with Crippen molar-refractivity contribution in [2.45, 2.75) is 25.8 Å². The Hall–Kier alpha value is -2.64. The van der Waals surface area contributed by atoms with E-state index < -0.39 is 10.0 Å². The molecule has 2 heterocycles. The third-order valence-electron chi connectivity index (χ3n) is 5.87. The van der Waals surface area contributed by atoms with Gasteiger partial charge in [-0.25, -0.2) is 8.42 Å². The van der Waals surface area contributed by atoms with Gasteiger partial charge in [0.15, 0.2) is 0 Å². The summed E-state index contributed by atoms with van der Waals surface area (Å²) >= 11 is 0.